The number of anilines is 1. The number of nitrogens with two attached hydrogens (primary N) is 1. The Hall–Kier alpha value is -3.31. The number of aromatic nitrogens is 2. The van der Waals surface area contributed by atoms with Crippen LogP contribution in [0.3, 0.4) is 0 Å². The molecule has 0 aliphatic carbocycles. The van der Waals surface area contributed by atoms with Crippen molar-refractivity contribution in [2.45, 2.75) is 25.2 Å². The smallest absolute Gasteiger partial charge is 0.404 e. The molecule has 1 aliphatic rings. The number of carbonyl (C=O) groups is 1. The predicted octanol–water partition coefficient (Wildman–Crippen LogP) is 3.62. The van der Waals surface area contributed by atoms with Gasteiger partial charge in [0, 0.05) is 11.6 Å². The molecule has 0 bridgehead atoms. The van der Waals surface area contributed by atoms with Crippen LogP contribution in [0.5, 0.6) is 0 Å². The van der Waals surface area contributed by atoms with E-state index in [0.717, 1.165) is 16.6 Å². The first-order chi connectivity index (χ1) is 14.4. The van der Waals surface area contributed by atoms with Gasteiger partial charge in [-0.15, -0.1) is 0 Å². The number of amides is 1. The van der Waals surface area contributed by atoms with E-state index in [2.05, 4.69) is 6.07 Å². The van der Waals surface area contributed by atoms with E-state index in [1.165, 1.54) is 0 Å². The van der Waals surface area contributed by atoms with Gasteiger partial charge in [0.1, 0.15) is 6.17 Å². The van der Waals surface area contributed by atoms with Crippen LogP contribution >= 0.6 is 11.6 Å². The van der Waals surface area contributed by atoms with Gasteiger partial charge in [-0.1, -0.05) is 23.7 Å². The van der Waals surface area contributed by atoms with Gasteiger partial charge < -0.3 is 19.9 Å². The van der Waals surface area contributed by atoms with Gasteiger partial charge in [0.2, 0.25) is 5.95 Å². The van der Waals surface area contributed by atoms with Gasteiger partial charge in [0.05, 0.1) is 35.8 Å². The number of alkyl halides is 1. The van der Waals surface area contributed by atoms with Crippen LogP contribution in [-0.4, -0.2) is 41.0 Å². The number of rotatable bonds is 4. The van der Waals surface area contributed by atoms with E-state index in [4.69, 9.17) is 32.3 Å². The first kappa shape index (κ1) is 20.0. The van der Waals surface area contributed by atoms with Gasteiger partial charge in [-0.05, 0) is 42.3 Å². The van der Waals surface area contributed by atoms with Crippen molar-refractivity contribution in [1.29, 1.82) is 5.26 Å². The van der Waals surface area contributed by atoms with Crippen LogP contribution < -0.4 is 10.6 Å². The lowest BCUT2D eigenvalue weighted by Crippen LogP contribution is -2.48. The number of piperidine rings is 1. The number of halogens is 2. The highest BCUT2D eigenvalue weighted by Crippen LogP contribution is 2.29. The fourth-order valence-corrected chi connectivity index (χ4v) is 3.84. The second-order valence-corrected chi connectivity index (χ2v) is 7.60. The Morgan fingerprint density at radius 2 is 2.10 bits per heavy atom. The van der Waals surface area contributed by atoms with Crippen LogP contribution in [0.4, 0.5) is 15.1 Å². The van der Waals surface area contributed by atoms with E-state index in [1.807, 2.05) is 33.7 Å². The molecular weight excluding hydrogens is 409 g/mol. The molecule has 1 amide bonds. The molecule has 1 fully saturated rings. The third kappa shape index (κ3) is 4.02. The van der Waals surface area contributed by atoms with Crippen LogP contribution in [0.15, 0.2) is 42.5 Å². The van der Waals surface area contributed by atoms with E-state index >= 15 is 0 Å². The number of carbonyl (C=O) groups excluding carboxylic acids is 1. The van der Waals surface area contributed by atoms with Crippen molar-refractivity contribution < 1.29 is 13.9 Å². The molecular formula is C21H19ClFN5O2. The maximum absolute atomic E-state index is 14.2. The summed E-state index contributed by atoms with van der Waals surface area (Å²) in [6.45, 7) is 1.05. The average Bonchev–Trinajstić information content (AvgIpc) is 3.07. The van der Waals surface area contributed by atoms with E-state index in [-0.39, 0.29) is 13.0 Å². The Morgan fingerprint density at radius 3 is 2.80 bits per heavy atom. The SMILES string of the molecule is N#Cc1ccc(Cn2c(N3CC[C@@H](F)[C@H](OC(N)=O)C3)nc3ccc(Cl)cc32)cc1. The summed E-state index contributed by atoms with van der Waals surface area (Å²) in [5, 5.41) is 9.59. The van der Waals surface area contributed by atoms with Crippen LogP contribution in [0.25, 0.3) is 11.0 Å². The summed E-state index contributed by atoms with van der Waals surface area (Å²) in [5.74, 6) is 0.626. The molecule has 2 atom stereocenters. The molecule has 1 aliphatic heterocycles. The van der Waals surface area contributed by atoms with E-state index < -0.39 is 18.4 Å². The number of imidazole rings is 1. The van der Waals surface area contributed by atoms with Gasteiger partial charge in [0.15, 0.2) is 6.10 Å². The average molecular weight is 428 g/mol. The molecule has 0 unspecified atom stereocenters. The van der Waals surface area contributed by atoms with Gasteiger partial charge in [0.25, 0.3) is 0 Å². The molecule has 0 saturated carbocycles. The zero-order chi connectivity index (χ0) is 21.3. The molecule has 1 aromatic heterocycles. The van der Waals surface area contributed by atoms with Crippen molar-refractivity contribution in [2.75, 3.05) is 18.0 Å². The van der Waals surface area contributed by atoms with Gasteiger partial charge >= 0.3 is 6.09 Å². The second-order valence-electron chi connectivity index (χ2n) is 7.17. The Morgan fingerprint density at radius 1 is 1.33 bits per heavy atom. The fourth-order valence-electron chi connectivity index (χ4n) is 3.68. The van der Waals surface area contributed by atoms with E-state index in [1.54, 1.807) is 18.2 Å². The topological polar surface area (TPSA) is 97.2 Å². The Balaban J connectivity index is 1.72. The Labute approximate surface area is 177 Å². The molecule has 4 rings (SSSR count). The summed E-state index contributed by atoms with van der Waals surface area (Å²) in [4.78, 5) is 17.8. The van der Waals surface area contributed by atoms with Gasteiger partial charge in [-0.3, -0.25) is 0 Å². The molecule has 2 heterocycles. The monoisotopic (exact) mass is 427 g/mol. The zero-order valence-corrected chi connectivity index (χ0v) is 16.7. The number of benzene rings is 2. The highest BCUT2D eigenvalue weighted by molar-refractivity contribution is 6.31. The molecule has 0 radical (unpaired) electrons. The van der Waals surface area contributed by atoms with Gasteiger partial charge in [-0.25, -0.2) is 14.2 Å². The minimum absolute atomic E-state index is 0.147. The summed E-state index contributed by atoms with van der Waals surface area (Å²) < 4.78 is 21.2. The van der Waals surface area contributed by atoms with Crippen molar-refractivity contribution in [1.82, 2.24) is 9.55 Å². The van der Waals surface area contributed by atoms with E-state index in [0.29, 0.717) is 29.6 Å². The number of hydrogen-bond donors (Lipinski definition) is 1. The van der Waals surface area contributed by atoms with Crippen molar-refractivity contribution in [3.63, 3.8) is 0 Å². The molecule has 30 heavy (non-hydrogen) atoms. The molecule has 154 valence electrons. The van der Waals surface area contributed by atoms with Crippen LogP contribution in [-0.2, 0) is 11.3 Å². The lowest BCUT2D eigenvalue weighted by Gasteiger charge is -2.35. The molecule has 3 aromatic rings. The van der Waals surface area contributed by atoms with Crippen LogP contribution in [0, 0.1) is 11.3 Å². The summed E-state index contributed by atoms with van der Waals surface area (Å²) in [7, 11) is 0. The molecule has 9 heteroatoms. The predicted molar refractivity (Wildman–Crippen MR) is 111 cm³/mol. The van der Waals surface area contributed by atoms with Gasteiger partial charge in [-0.2, -0.15) is 5.26 Å². The summed E-state index contributed by atoms with van der Waals surface area (Å²) in [6.07, 6.45) is -3.04. The highest BCUT2D eigenvalue weighted by atomic mass is 35.5. The van der Waals surface area contributed by atoms with Crippen molar-refractivity contribution in [3.05, 3.63) is 58.6 Å². The van der Waals surface area contributed by atoms with E-state index in [9.17, 15) is 9.18 Å². The minimum Gasteiger partial charge on any atom is -0.441 e. The Bertz CT molecular complexity index is 1120. The van der Waals surface area contributed by atoms with Crippen molar-refractivity contribution in [2.24, 2.45) is 5.73 Å². The van der Waals surface area contributed by atoms with Crippen molar-refractivity contribution >= 4 is 34.7 Å². The number of nitriles is 1. The van der Waals surface area contributed by atoms with Crippen molar-refractivity contribution in [3.8, 4) is 6.07 Å². The number of hydrogen-bond acceptors (Lipinski definition) is 5. The normalized spacial score (nSPS) is 18.9. The number of nitrogens with zero attached hydrogens (tertiary/aromatic N) is 4. The maximum Gasteiger partial charge on any atom is 0.404 e. The highest BCUT2D eigenvalue weighted by Gasteiger charge is 2.34. The number of fused-ring (bicyclic) bond motifs is 1. The summed E-state index contributed by atoms with van der Waals surface area (Å²) in [5.41, 5.74) is 8.23. The zero-order valence-electron chi connectivity index (χ0n) is 16.0. The number of ether oxygens (including phenoxy) is 1. The maximum atomic E-state index is 14.2. The molecule has 2 N–H and O–H groups in total. The largest absolute Gasteiger partial charge is 0.441 e. The first-order valence-electron chi connectivity index (χ1n) is 9.44. The lowest BCUT2D eigenvalue weighted by molar-refractivity contribution is 0.0404. The third-order valence-corrected chi connectivity index (χ3v) is 5.38. The second kappa shape index (κ2) is 8.20. The standard InChI is InChI=1S/C21H19ClFN5O2/c22-15-5-6-17-18(9-15)28(11-14-3-1-13(10-24)2-4-14)21(26-17)27-8-7-16(23)19(12-27)30-20(25)29/h1-6,9,16,19H,7-8,11-12H2,(H2,25,29)/t16-,19-/m1/s1. The number of primary amides is 1. The molecule has 0 spiro atoms. The quantitative estimate of drug-likeness (QED) is 0.685. The van der Waals surface area contributed by atoms with Crippen LogP contribution in [0.1, 0.15) is 17.5 Å². The molecule has 2 aromatic carbocycles. The van der Waals surface area contributed by atoms with Crippen LogP contribution in [0.2, 0.25) is 5.02 Å². The molecule has 7 nitrogen and oxygen atoms in total. The lowest BCUT2D eigenvalue weighted by atomic mass is 10.1. The summed E-state index contributed by atoms with van der Waals surface area (Å²) in [6, 6.07) is 14.8. The minimum atomic E-state index is -1.28. The molecule has 1 saturated heterocycles. The fraction of sp³-hybridized carbons (Fsp3) is 0.286. The first-order valence-corrected chi connectivity index (χ1v) is 9.82. The third-order valence-electron chi connectivity index (χ3n) is 5.14. The Kier molecular flexibility index (Phi) is 5.46. The summed E-state index contributed by atoms with van der Waals surface area (Å²) >= 11 is 6.22.